The molecule has 3 rings (SSSR count). The van der Waals surface area contributed by atoms with Gasteiger partial charge in [0.25, 0.3) is 0 Å². The molecule has 0 fully saturated rings. The van der Waals surface area contributed by atoms with E-state index in [9.17, 15) is 9.90 Å². The van der Waals surface area contributed by atoms with Crippen LogP contribution in [-0.4, -0.2) is 44.9 Å². The van der Waals surface area contributed by atoms with E-state index in [0.717, 1.165) is 17.0 Å². The van der Waals surface area contributed by atoms with Gasteiger partial charge < -0.3 is 15.6 Å². The van der Waals surface area contributed by atoms with Crippen LogP contribution in [-0.2, 0) is 11.3 Å². The number of ether oxygens (including phenoxy) is 1. The molecule has 0 bridgehead atoms. The number of aromatic nitrogens is 3. The van der Waals surface area contributed by atoms with Crippen LogP contribution in [0, 0.1) is 0 Å². The highest BCUT2D eigenvalue weighted by molar-refractivity contribution is 5.75. The van der Waals surface area contributed by atoms with Gasteiger partial charge in [0.15, 0.2) is 0 Å². The molecule has 0 saturated carbocycles. The van der Waals surface area contributed by atoms with E-state index < -0.39 is 12.0 Å². The molecular formula is C19H21N5O3. The number of aliphatic carboxylic acids is 1. The Labute approximate surface area is 156 Å². The van der Waals surface area contributed by atoms with Gasteiger partial charge in [-0.1, -0.05) is 12.1 Å². The largest absolute Gasteiger partial charge is 0.497 e. The summed E-state index contributed by atoms with van der Waals surface area (Å²) in [7, 11) is 3.36. The summed E-state index contributed by atoms with van der Waals surface area (Å²) >= 11 is 0. The summed E-state index contributed by atoms with van der Waals surface area (Å²) in [6.45, 7) is 0.408. The maximum atomic E-state index is 11.8. The fourth-order valence-corrected chi connectivity index (χ4v) is 2.88. The van der Waals surface area contributed by atoms with Crippen molar-refractivity contribution in [2.24, 2.45) is 0 Å². The van der Waals surface area contributed by atoms with Gasteiger partial charge in [-0.25, -0.2) is 9.67 Å². The first kappa shape index (κ1) is 18.4. The predicted octanol–water partition coefficient (Wildman–Crippen LogP) is 2.12. The second kappa shape index (κ2) is 7.88. The number of pyridine rings is 1. The SMILES string of the molecule is COc1cccc(-n2cc(CN(C)[C@H](C(=O)O)c3ccc(N)nc3)cn2)c1. The minimum absolute atomic E-state index is 0.352. The number of anilines is 1. The summed E-state index contributed by atoms with van der Waals surface area (Å²) in [5.74, 6) is 0.137. The summed E-state index contributed by atoms with van der Waals surface area (Å²) in [5.41, 5.74) is 7.90. The number of benzene rings is 1. The van der Waals surface area contributed by atoms with E-state index >= 15 is 0 Å². The summed E-state index contributed by atoms with van der Waals surface area (Å²) in [4.78, 5) is 17.5. The summed E-state index contributed by atoms with van der Waals surface area (Å²) in [5, 5.41) is 14.0. The zero-order chi connectivity index (χ0) is 19.4. The maximum Gasteiger partial charge on any atom is 0.325 e. The molecule has 0 aliphatic heterocycles. The monoisotopic (exact) mass is 367 g/mol. The molecule has 0 aliphatic carbocycles. The highest BCUT2D eigenvalue weighted by Crippen LogP contribution is 2.22. The molecule has 8 nitrogen and oxygen atoms in total. The summed E-state index contributed by atoms with van der Waals surface area (Å²) in [6, 6.07) is 9.98. The van der Waals surface area contributed by atoms with Gasteiger partial charge in [-0.3, -0.25) is 9.69 Å². The van der Waals surface area contributed by atoms with Crippen LogP contribution < -0.4 is 10.5 Å². The lowest BCUT2D eigenvalue weighted by molar-refractivity contribution is -0.143. The lowest BCUT2D eigenvalue weighted by Gasteiger charge is -2.24. The molecule has 2 heterocycles. The zero-order valence-corrected chi connectivity index (χ0v) is 15.1. The summed E-state index contributed by atoms with van der Waals surface area (Å²) < 4.78 is 6.96. The van der Waals surface area contributed by atoms with Crippen molar-refractivity contribution in [1.29, 1.82) is 0 Å². The number of nitrogens with two attached hydrogens (primary N) is 1. The number of carboxylic acids is 1. The molecule has 140 valence electrons. The number of methoxy groups -OCH3 is 1. The molecule has 1 aromatic carbocycles. The molecule has 0 unspecified atom stereocenters. The van der Waals surface area contributed by atoms with Gasteiger partial charge in [-0.2, -0.15) is 5.10 Å². The Morgan fingerprint density at radius 2 is 2.15 bits per heavy atom. The zero-order valence-electron chi connectivity index (χ0n) is 15.1. The van der Waals surface area contributed by atoms with Crippen molar-refractivity contribution in [2.75, 3.05) is 19.9 Å². The van der Waals surface area contributed by atoms with Gasteiger partial charge in [0.1, 0.15) is 17.6 Å². The van der Waals surface area contributed by atoms with Gasteiger partial charge >= 0.3 is 5.97 Å². The first-order valence-corrected chi connectivity index (χ1v) is 8.30. The number of likely N-dealkylation sites (N-methyl/N-ethyl adjacent to an activating group) is 1. The van der Waals surface area contributed by atoms with Crippen LogP contribution in [0.1, 0.15) is 17.2 Å². The van der Waals surface area contributed by atoms with Crippen molar-refractivity contribution in [2.45, 2.75) is 12.6 Å². The molecule has 3 aromatic rings. The Hall–Kier alpha value is -3.39. The van der Waals surface area contributed by atoms with Crippen molar-refractivity contribution in [3.63, 3.8) is 0 Å². The number of nitrogen functional groups attached to an aromatic ring is 1. The van der Waals surface area contributed by atoms with E-state index in [1.807, 2.05) is 30.5 Å². The van der Waals surface area contributed by atoms with Crippen LogP contribution in [0.5, 0.6) is 5.75 Å². The van der Waals surface area contributed by atoms with Crippen LogP contribution in [0.15, 0.2) is 55.0 Å². The minimum atomic E-state index is -0.954. The normalized spacial score (nSPS) is 12.1. The fraction of sp³-hybridized carbons (Fsp3) is 0.211. The Balaban J connectivity index is 1.78. The van der Waals surface area contributed by atoms with Crippen molar-refractivity contribution < 1.29 is 14.6 Å². The van der Waals surface area contributed by atoms with Gasteiger partial charge in [-0.15, -0.1) is 0 Å². The van der Waals surface area contributed by atoms with Crippen LogP contribution in [0.4, 0.5) is 5.82 Å². The number of hydrogen-bond acceptors (Lipinski definition) is 6. The number of carbonyl (C=O) groups is 1. The molecule has 27 heavy (non-hydrogen) atoms. The van der Waals surface area contributed by atoms with Crippen LogP contribution >= 0.6 is 0 Å². The van der Waals surface area contributed by atoms with Crippen molar-refractivity contribution in [1.82, 2.24) is 19.7 Å². The van der Waals surface area contributed by atoms with E-state index in [1.54, 1.807) is 42.1 Å². The number of rotatable bonds is 7. The second-order valence-electron chi connectivity index (χ2n) is 6.17. The molecular weight excluding hydrogens is 346 g/mol. The third kappa shape index (κ3) is 4.24. The van der Waals surface area contributed by atoms with E-state index in [1.165, 1.54) is 6.20 Å². The van der Waals surface area contributed by atoms with Gasteiger partial charge in [-0.05, 0) is 30.8 Å². The van der Waals surface area contributed by atoms with E-state index in [-0.39, 0.29) is 0 Å². The number of nitrogens with zero attached hydrogens (tertiary/aromatic N) is 4. The average molecular weight is 367 g/mol. The summed E-state index contributed by atoms with van der Waals surface area (Å²) in [6.07, 6.45) is 5.08. The van der Waals surface area contributed by atoms with E-state index in [4.69, 9.17) is 10.5 Å². The molecule has 1 atom stereocenters. The van der Waals surface area contributed by atoms with Crippen LogP contribution in [0.2, 0.25) is 0 Å². The minimum Gasteiger partial charge on any atom is -0.497 e. The molecule has 0 radical (unpaired) electrons. The molecule has 3 N–H and O–H groups in total. The molecule has 8 heteroatoms. The van der Waals surface area contributed by atoms with E-state index in [2.05, 4.69) is 10.1 Å². The standard InChI is InChI=1S/C19H21N5O3/c1-23(18(19(25)26)14-6-7-17(20)21-10-14)11-13-9-22-24(12-13)15-4-3-5-16(8-15)27-2/h3-10,12,18H,11H2,1-2H3,(H2,20,21)(H,25,26)/t18-/m0/s1. The van der Waals surface area contributed by atoms with Crippen molar-refractivity contribution in [3.05, 3.63) is 66.1 Å². The third-order valence-corrected chi connectivity index (χ3v) is 4.19. The molecule has 0 amide bonds. The lowest BCUT2D eigenvalue weighted by atomic mass is 10.1. The molecule has 0 aliphatic rings. The van der Waals surface area contributed by atoms with Crippen LogP contribution in [0.3, 0.4) is 0 Å². The van der Waals surface area contributed by atoms with Crippen LogP contribution in [0.25, 0.3) is 5.69 Å². The first-order valence-electron chi connectivity index (χ1n) is 8.30. The van der Waals surface area contributed by atoms with Crippen molar-refractivity contribution in [3.8, 4) is 11.4 Å². The Bertz CT molecular complexity index is 923. The second-order valence-corrected chi connectivity index (χ2v) is 6.17. The maximum absolute atomic E-state index is 11.8. The van der Waals surface area contributed by atoms with Gasteiger partial charge in [0, 0.05) is 30.6 Å². The highest BCUT2D eigenvalue weighted by Gasteiger charge is 2.25. The van der Waals surface area contributed by atoms with Gasteiger partial charge in [0.2, 0.25) is 0 Å². The molecule has 0 spiro atoms. The Morgan fingerprint density at radius 1 is 1.33 bits per heavy atom. The third-order valence-electron chi connectivity index (χ3n) is 4.19. The average Bonchev–Trinajstić information content (AvgIpc) is 3.12. The molecule has 2 aromatic heterocycles. The first-order chi connectivity index (χ1) is 13.0. The number of carboxylic acid groups (broad SMARTS) is 1. The van der Waals surface area contributed by atoms with E-state index in [0.29, 0.717) is 17.9 Å². The Morgan fingerprint density at radius 3 is 2.81 bits per heavy atom. The highest BCUT2D eigenvalue weighted by atomic mass is 16.5. The quantitative estimate of drug-likeness (QED) is 0.659. The topological polar surface area (TPSA) is 106 Å². The smallest absolute Gasteiger partial charge is 0.325 e. The fourth-order valence-electron chi connectivity index (χ4n) is 2.88. The van der Waals surface area contributed by atoms with Crippen molar-refractivity contribution >= 4 is 11.8 Å². The molecule has 0 saturated heterocycles. The Kier molecular flexibility index (Phi) is 5.37. The van der Waals surface area contributed by atoms with Gasteiger partial charge in [0.05, 0.1) is 19.0 Å². The number of hydrogen-bond donors (Lipinski definition) is 2. The predicted molar refractivity (Wildman–Crippen MR) is 101 cm³/mol. The lowest BCUT2D eigenvalue weighted by Crippen LogP contribution is -2.30.